The molecular weight excluding hydrogens is 266 g/mol. The molecule has 1 aromatic carbocycles. The number of methoxy groups -OCH3 is 1. The van der Waals surface area contributed by atoms with Crippen molar-refractivity contribution in [3.8, 4) is 5.75 Å². The van der Waals surface area contributed by atoms with Gasteiger partial charge in [0.05, 0.1) is 7.11 Å². The predicted molar refractivity (Wildman–Crippen MR) is 84.9 cm³/mol. The van der Waals surface area contributed by atoms with Crippen molar-refractivity contribution < 1.29 is 14.6 Å². The quantitative estimate of drug-likeness (QED) is 0.843. The van der Waals surface area contributed by atoms with Gasteiger partial charge in [0.25, 0.3) is 0 Å². The van der Waals surface area contributed by atoms with Gasteiger partial charge >= 0.3 is 5.97 Å². The van der Waals surface area contributed by atoms with E-state index in [0.717, 1.165) is 23.3 Å². The lowest BCUT2D eigenvalue weighted by Crippen LogP contribution is -2.19. The topological polar surface area (TPSA) is 72.6 Å². The summed E-state index contributed by atoms with van der Waals surface area (Å²) >= 11 is 0. The number of carbonyl (C=O) groups is 1. The fourth-order valence-electron chi connectivity index (χ4n) is 2.41. The second kappa shape index (κ2) is 6.94. The number of aryl methyl sites for hydroxylation is 1. The highest BCUT2D eigenvalue weighted by Crippen LogP contribution is 2.38. The van der Waals surface area contributed by atoms with Crippen molar-refractivity contribution in [3.05, 3.63) is 28.8 Å². The molecule has 0 aromatic heterocycles. The summed E-state index contributed by atoms with van der Waals surface area (Å²) in [5.41, 5.74) is 9.37. The average molecular weight is 293 g/mol. The van der Waals surface area contributed by atoms with Crippen LogP contribution in [0.1, 0.15) is 63.3 Å². The third-order valence-electron chi connectivity index (χ3n) is 3.67. The van der Waals surface area contributed by atoms with Crippen LogP contribution in [0.25, 0.3) is 0 Å². The van der Waals surface area contributed by atoms with Gasteiger partial charge in [-0.3, -0.25) is 4.79 Å². The minimum atomic E-state index is -0.827. The number of carboxylic acid groups (broad SMARTS) is 1. The molecule has 0 amide bonds. The van der Waals surface area contributed by atoms with Crippen LogP contribution in [0.15, 0.2) is 12.1 Å². The molecular formula is C17H27NO3. The Hall–Kier alpha value is -1.55. The van der Waals surface area contributed by atoms with Gasteiger partial charge in [-0.05, 0) is 23.8 Å². The molecule has 1 aromatic rings. The van der Waals surface area contributed by atoms with E-state index in [1.54, 1.807) is 7.11 Å². The first-order chi connectivity index (χ1) is 9.70. The molecule has 1 unspecified atom stereocenters. The highest BCUT2D eigenvalue weighted by Gasteiger charge is 2.24. The monoisotopic (exact) mass is 293 g/mol. The molecule has 0 saturated carbocycles. The molecule has 4 heteroatoms. The smallest absolute Gasteiger partial charge is 0.303 e. The fourth-order valence-corrected chi connectivity index (χ4v) is 2.41. The Labute approximate surface area is 127 Å². The Morgan fingerprint density at radius 2 is 2.00 bits per heavy atom. The van der Waals surface area contributed by atoms with Gasteiger partial charge < -0.3 is 15.6 Å². The van der Waals surface area contributed by atoms with Crippen LogP contribution in [-0.2, 0) is 16.6 Å². The highest BCUT2D eigenvalue weighted by molar-refractivity contribution is 5.66. The molecule has 3 N–H and O–H groups in total. The summed E-state index contributed by atoms with van der Waals surface area (Å²) in [5.74, 6) is -0.0373. The first-order valence-electron chi connectivity index (χ1n) is 7.39. The Bertz CT molecular complexity index is 503. The summed E-state index contributed by atoms with van der Waals surface area (Å²) in [6.45, 7) is 8.51. The van der Waals surface area contributed by atoms with Crippen molar-refractivity contribution in [3.63, 3.8) is 0 Å². The number of rotatable bonds is 6. The number of carboxylic acids is 1. The Kier molecular flexibility index (Phi) is 5.78. The highest BCUT2D eigenvalue weighted by atomic mass is 16.5. The summed E-state index contributed by atoms with van der Waals surface area (Å²) < 4.78 is 5.60. The SMILES string of the molecule is CCc1cc(C(N)CCC(=O)O)c(OC)c(C(C)(C)C)c1. The van der Waals surface area contributed by atoms with Gasteiger partial charge in [0, 0.05) is 23.6 Å². The predicted octanol–water partition coefficient (Wildman–Crippen LogP) is 3.42. The van der Waals surface area contributed by atoms with E-state index in [9.17, 15) is 4.79 Å². The van der Waals surface area contributed by atoms with Gasteiger partial charge in [-0.25, -0.2) is 0 Å². The number of nitrogens with two attached hydrogens (primary N) is 1. The molecule has 0 aliphatic rings. The van der Waals surface area contributed by atoms with Crippen molar-refractivity contribution in [2.24, 2.45) is 5.73 Å². The normalized spacial score (nSPS) is 13.0. The summed E-state index contributed by atoms with van der Waals surface area (Å²) in [4.78, 5) is 10.8. The maximum absolute atomic E-state index is 10.8. The van der Waals surface area contributed by atoms with Crippen LogP contribution in [-0.4, -0.2) is 18.2 Å². The Morgan fingerprint density at radius 3 is 2.43 bits per heavy atom. The Morgan fingerprint density at radius 1 is 1.38 bits per heavy atom. The van der Waals surface area contributed by atoms with Crippen molar-refractivity contribution in [1.29, 1.82) is 0 Å². The van der Waals surface area contributed by atoms with Crippen LogP contribution in [0.2, 0.25) is 0 Å². The van der Waals surface area contributed by atoms with Crippen LogP contribution in [0.3, 0.4) is 0 Å². The fraction of sp³-hybridized carbons (Fsp3) is 0.588. The first kappa shape index (κ1) is 17.5. The molecule has 21 heavy (non-hydrogen) atoms. The zero-order valence-electron chi connectivity index (χ0n) is 13.7. The van der Waals surface area contributed by atoms with Gasteiger partial charge in [-0.1, -0.05) is 39.8 Å². The molecule has 0 radical (unpaired) electrons. The standard InChI is InChI=1S/C17H27NO3/c1-6-11-9-12(14(18)7-8-15(19)20)16(21-5)13(10-11)17(2,3)4/h9-10,14H,6-8,18H2,1-5H3,(H,19,20). The lowest BCUT2D eigenvalue weighted by Gasteiger charge is -2.27. The zero-order chi connectivity index (χ0) is 16.2. The van der Waals surface area contributed by atoms with E-state index in [4.69, 9.17) is 15.6 Å². The number of aliphatic carboxylic acids is 1. The van der Waals surface area contributed by atoms with Gasteiger partial charge in [0.1, 0.15) is 5.75 Å². The number of hydrogen-bond acceptors (Lipinski definition) is 3. The van der Waals surface area contributed by atoms with E-state index < -0.39 is 5.97 Å². The number of hydrogen-bond donors (Lipinski definition) is 2. The number of benzene rings is 1. The largest absolute Gasteiger partial charge is 0.496 e. The lowest BCUT2D eigenvalue weighted by atomic mass is 9.82. The van der Waals surface area contributed by atoms with Crippen LogP contribution in [0.4, 0.5) is 0 Å². The van der Waals surface area contributed by atoms with E-state index in [1.807, 2.05) is 6.07 Å². The van der Waals surface area contributed by atoms with Crippen LogP contribution >= 0.6 is 0 Å². The second-order valence-electron chi connectivity index (χ2n) is 6.41. The molecule has 0 aliphatic heterocycles. The first-order valence-corrected chi connectivity index (χ1v) is 7.39. The summed E-state index contributed by atoms with van der Waals surface area (Å²) in [6, 6.07) is 3.87. The van der Waals surface area contributed by atoms with Crippen molar-refractivity contribution in [2.45, 2.75) is 58.4 Å². The van der Waals surface area contributed by atoms with E-state index in [0.29, 0.717) is 6.42 Å². The molecule has 0 heterocycles. The molecule has 4 nitrogen and oxygen atoms in total. The maximum Gasteiger partial charge on any atom is 0.303 e. The summed E-state index contributed by atoms with van der Waals surface area (Å²) in [6.07, 6.45) is 1.37. The van der Waals surface area contributed by atoms with Gasteiger partial charge in [0.15, 0.2) is 0 Å². The number of ether oxygens (including phenoxy) is 1. The summed E-state index contributed by atoms with van der Waals surface area (Å²) in [7, 11) is 1.64. The molecule has 0 bridgehead atoms. The minimum Gasteiger partial charge on any atom is -0.496 e. The third-order valence-corrected chi connectivity index (χ3v) is 3.67. The van der Waals surface area contributed by atoms with Gasteiger partial charge in [-0.15, -0.1) is 0 Å². The molecule has 0 spiro atoms. The molecule has 0 saturated heterocycles. The van der Waals surface area contributed by atoms with Crippen LogP contribution in [0, 0.1) is 0 Å². The zero-order valence-corrected chi connectivity index (χ0v) is 13.7. The van der Waals surface area contributed by atoms with Gasteiger partial charge in [-0.2, -0.15) is 0 Å². The minimum absolute atomic E-state index is 0.0577. The van der Waals surface area contributed by atoms with Crippen molar-refractivity contribution in [1.82, 2.24) is 0 Å². The second-order valence-corrected chi connectivity index (χ2v) is 6.41. The van der Waals surface area contributed by atoms with Crippen molar-refractivity contribution >= 4 is 5.97 Å². The molecule has 0 fully saturated rings. The maximum atomic E-state index is 10.8. The lowest BCUT2D eigenvalue weighted by molar-refractivity contribution is -0.137. The molecule has 0 aliphatic carbocycles. The van der Waals surface area contributed by atoms with Gasteiger partial charge in [0.2, 0.25) is 0 Å². The third kappa shape index (κ3) is 4.46. The van der Waals surface area contributed by atoms with Crippen LogP contribution < -0.4 is 10.5 Å². The van der Waals surface area contributed by atoms with Crippen molar-refractivity contribution in [2.75, 3.05) is 7.11 Å². The molecule has 1 rings (SSSR count). The van der Waals surface area contributed by atoms with E-state index in [1.165, 1.54) is 5.56 Å². The summed E-state index contributed by atoms with van der Waals surface area (Å²) in [5, 5.41) is 8.83. The van der Waals surface area contributed by atoms with E-state index in [2.05, 4.69) is 33.8 Å². The molecule has 1 atom stereocenters. The van der Waals surface area contributed by atoms with E-state index >= 15 is 0 Å². The molecule has 118 valence electrons. The van der Waals surface area contributed by atoms with E-state index in [-0.39, 0.29) is 17.9 Å². The Balaban J connectivity index is 3.31. The average Bonchev–Trinajstić information content (AvgIpc) is 2.42. The van der Waals surface area contributed by atoms with Crippen LogP contribution in [0.5, 0.6) is 5.75 Å².